The molecule has 3 heterocycles. The number of carbonyl (C=O) groups excluding carboxylic acids is 1. The number of amides is 1. The first-order valence-electron chi connectivity index (χ1n) is 8.40. The van der Waals surface area contributed by atoms with Crippen LogP contribution in [-0.4, -0.2) is 66.9 Å². The van der Waals surface area contributed by atoms with Gasteiger partial charge in [-0.3, -0.25) is 4.79 Å². The van der Waals surface area contributed by atoms with Crippen LogP contribution in [0.1, 0.15) is 36.5 Å². The highest BCUT2D eigenvalue weighted by Crippen LogP contribution is 2.21. The van der Waals surface area contributed by atoms with Crippen LogP contribution in [0, 0.1) is 5.92 Å². The zero-order valence-electron chi connectivity index (χ0n) is 14.2. The van der Waals surface area contributed by atoms with Crippen LogP contribution in [0.25, 0.3) is 0 Å². The third-order valence-corrected chi connectivity index (χ3v) is 6.78. The molecular weight excluding hydrogens is 328 g/mol. The van der Waals surface area contributed by atoms with Gasteiger partial charge in [-0.15, -0.1) is 0 Å². The largest absolute Gasteiger partial charge is 0.340 e. The van der Waals surface area contributed by atoms with E-state index in [-0.39, 0.29) is 23.5 Å². The topological polar surface area (TPSA) is 83.5 Å². The van der Waals surface area contributed by atoms with E-state index in [2.05, 4.69) is 16.9 Å². The molecule has 1 aromatic heterocycles. The van der Waals surface area contributed by atoms with Crippen LogP contribution in [0.2, 0.25) is 0 Å². The average molecular weight is 352 g/mol. The zero-order chi connectivity index (χ0) is 17.3. The monoisotopic (exact) mass is 352 g/mol. The third-order valence-electron chi connectivity index (χ3n) is 5.03. The van der Waals surface area contributed by atoms with Gasteiger partial charge in [0, 0.05) is 38.6 Å². The highest BCUT2D eigenvalue weighted by atomic mass is 32.2. The zero-order valence-corrected chi connectivity index (χ0v) is 15.0. The molecular formula is C16H24N4O3S. The van der Waals surface area contributed by atoms with Gasteiger partial charge in [-0.2, -0.15) is 0 Å². The Morgan fingerprint density at radius 3 is 2.38 bits per heavy atom. The molecule has 1 unspecified atom stereocenters. The summed E-state index contributed by atoms with van der Waals surface area (Å²) in [6, 6.07) is -0.0971. The highest BCUT2D eigenvalue weighted by Gasteiger charge is 2.32. The second-order valence-electron chi connectivity index (χ2n) is 6.91. The summed E-state index contributed by atoms with van der Waals surface area (Å²) in [6.07, 6.45) is 5.74. The SMILES string of the molecule is CC1CCN(C(=O)c2cnc(N(C)C3CCS(=O)(=O)C3)nc2)CC1. The fourth-order valence-corrected chi connectivity index (χ4v) is 5.03. The third kappa shape index (κ3) is 3.68. The summed E-state index contributed by atoms with van der Waals surface area (Å²) < 4.78 is 23.2. The molecule has 0 saturated carbocycles. The number of likely N-dealkylation sites (tertiary alicyclic amines) is 1. The molecule has 2 saturated heterocycles. The van der Waals surface area contributed by atoms with Gasteiger partial charge in [0.15, 0.2) is 9.84 Å². The number of anilines is 1. The first-order chi connectivity index (χ1) is 11.4. The van der Waals surface area contributed by atoms with Gasteiger partial charge in [-0.1, -0.05) is 6.92 Å². The maximum absolute atomic E-state index is 12.5. The van der Waals surface area contributed by atoms with Gasteiger partial charge in [-0.05, 0) is 25.2 Å². The lowest BCUT2D eigenvalue weighted by Gasteiger charge is -2.30. The Morgan fingerprint density at radius 2 is 1.83 bits per heavy atom. The summed E-state index contributed by atoms with van der Waals surface area (Å²) >= 11 is 0. The molecule has 0 aliphatic carbocycles. The molecule has 1 amide bonds. The maximum atomic E-state index is 12.5. The summed E-state index contributed by atoms with van der Waals surface area (Å²) in [7, 11) is -1.15. The van der Waals surface area contributed by atoms with Crippen LogP contribution in [0.3, 0.4) is 0 Å². The van der Waals surface area contributed by atoms with Crippen molar-refractivity contribution in [2.75, 3.05) is 36.5 Å². The minimum atomic E-state index is -2.95. The molecule has 1 aromatic rings. The number of sulfone groups is 1. The van der Waals surface area contributed by atoms with Crippen LogP contribution in [0.15, 0.2) is 12.4 Å². The minimum absolute atomic E-state index is 0.0282. The molecule has 0 aromatic carbocycles. The molecule has 0 radical (unpaired) electrons. The number of hydrogen-bond acceptors (Lipinski definition) is 6. The number of hydrogen-bond donors (Lipinski definition) is 0. The second kappa shape index (κ2) is 6.66. The summed E-state index contributed by atoms with van der Waals surface area (Å²) in [6.45, 7) is 3.77. The van der Waals surface area contributed by atoms with Gasteiger partial charge < -0.3 is 9.80 Å². The van der Waals surface area contributed by atoms with Gasteiger partial charge in [-0.25, -0.2) is 18.4 Å². The number of nitrogens with zero attached hydrogens (tertiary/aromatic N) is 4. The van der Waals surface area contributed by atoms with Gasteiger partial charge in [0.25, 0.3) is 5.91 Å². The van der Waals surface area contributed by atoms with Gasteiger partial charge in [0.2, 0.25) is 5.95 Å². The van der Waals surface area contributed by atoms with E-state index >= 15 is 0 Å². The van der Waals surface area contributed by atoms with Crippen LogP contribution in [-0.2, 0) is 9.84 Å². The van der Waals surface area contributed by atoms with Crippen LogP contribution in [0.5, 0.6) is 0 Å². The van der Waals surface area contributed by atoms with Crippen molar-refractivity contribution >= 4 is 21.7 Å². The van der Waals surface area contributed by atoms with Crippen molar-refractivity contribution in [2.24, 2.45) is 5.92 Å². The van der Waals surface area contributed by atoms with Gasteiger partial charge in [0.1, 0.15) is 0 Å². The molecule has 0 N–H and O–H groups in total. The fourth-order valence-electron chi connectivity index (χ4n) is 3.25. The van der Waals surface area contributed by atoms with Crippen molar-refractivity contribution in [3.63, 3.8) is 0 Å². The Kier molecular flexibility index (Phi) is 4.76. The van der Waals surface area contributed by atoms with Gasteiger partial charge in [0.05, 0.1) is 17.1 Å². The molecule has 7 nitrogen and oxygen atoms in total. The van der Waals surface area contributed by atoms with Gasteiger partial charge >= 0.3 is 0 Å². The molecule has 24 heavy (non-hydrogen) atoms. The molecule has 2 aliphatic rings. The summed E-state index contributed by atoms with van der Waals surface area (Å²) in [5, 5.41) is 0. The van der Waals surface area contributed by atoms with E-state index in [1.807, 2.05) is 4.90 Å². The number of aromatic nitrogens is 2. The smallest absolute Gasteiger partial charge is 0.256 e. The highest BCUT2D eigenvalue weighted by molar-refractivity contribution is 7.91. The molecule has 1 atom stereocenters. The first kappa shape index (κ1) is 17.1. The van der Waals surface area contributed by atoms with Crippen LogP contribution >= 0.6 is 0 Å². The Balaban J connectivity index is 1.66. The standard InChI is InChI=1S/C16H24N4O3S/c1-12-3-6-20(7-4-12)15(21)13-9-17-16(18-10-13)19(2)14-5-8-24(22,23)11-14/h9-10,12,14H,3-8,11H2,1-2H3. The lowest BCUT2D eigenvalue weighted by Crippen LogP contribution is -2.38. The second-order valence-corrected chi connectivity index (χ2v) is 9.14. The van der Waals surface area contributed by atoms with E-state index < -0.39 is 9.84 Å². The fraction of sp³-hybridized carbons (Fsp3) is 0.688. The van der Waals surface area contributed by atoms with E-state index in [9.17, 15) is 13.2 Å². The predicted octanol–water partition coefficient (Wildman–Crippen LogP) is 0.972. The van der Waals surface area contributed by atoms with Crippen molar-refractivity contribution in [2.45, 2.75) is 32.2 Å². The van der Waals surface area contributed by atoms with Crippen molar-refractivity contribution in [1.82, 2.24) is 14.9 Å². The van der Waals surface area contributed by atoms with Crippen molar-refractivity contribution in [3.8, 4) is 0 Å². The quantitative estimate of drug-likeness (QED) is 0.806. The molecule has 0 bridgehead atoms. The number of carbonyl (C=O) groups is 1. The Morgan fingerprint density at radius 1 is 1.21 bits per heavy atom. The molecule has 2 aliphatic heterocycles. The lowest BCUT2D eigenvalue weighted by atomic mass is 9.99. The Bertz CT molecular complexity index is 697. The minimum Gasteiger partial charge on any atom is -0.340 e. The lowest BCUT2D eigenvalue weighted by molar-refractivity contribution is 0.0696. The van der Waals surface area contributed by atoms with Crippen LogP contribution < -0.4 is 4.90 Å². The van der Waals surface area contributed by atoms with E-state index in [1.165, 1.54) is 0 Å². The number of piperidine rings is 1. The molecule has 0 spiro atoms. The normalized spacial score (nSPS) is 24.1. The van der Waals surface area contributed by atoms with Crippen LogP contribution in [0.4, 0.5) is 5.95 Å². The summed E-state index contributed by atoms with van der Waals surface area (Å²) in [4.78, 5) is 24.7. The maximum Gasteiger partial charge on any atom is 0.256 e. The van der Waals surface area contributed by atoms with Crippen molar-refractivity contribution < 1.29 is 13.2 Å². The van der Waals surface area contributed by atoms with E-state index in [0.717, 1.165) is 25.9 Å². The summed E-state index contributed by atoms with van der Waals surface area (Å²) in [5.74, 6) is 1.45. The molecule has 132 valence electrons. The Hall–Kier alpha value is -1.70. The summed E-state index contributed by atoms with van der Waals surface area (Å²) in [5.41, 5.74) is 0.487. The van der Waals surface area contributed by atoms with Crippen molar-refractivity contribution in [3.05, 3.63) is 18.0 Å². The predicted molar refractivity (Wildman–Crippen MR) is 91.8 cm³/mol. The van der Waals surface area contributed by atoms with Crippen molar-refractivity contribution in [1.29, 1.82) is 0 Å². The molecule has 8 heteroatoms. The van der Waals surface area contributed by atoms with E-state index in [1.54, 1.807) is 24.3 Å². The first-order valence-corrected chi connectivity index (χ1v) is 10.2. The van der Waals surface area contributed by atoms with E-state index in [0.29, 0.717) is 23.9 Å². The number of rotatable bonds is 3. The molecule has 2 fully saturated rings. The molecule has 3 rings (SSSR count). The van der Waals surface area contributed by atoms with E-state index in [4.69, 9.17) is 0 Å². The Labute approximate surface area is 143 Å². The average Bonchev–Trinajstić information content (AvgIpc) is 2.94.